The van der Waals surface area contributed by atoms with E-state index in [4.69, 9.17) is 11.5 Å². The lowest BCUT2D eigenvalue weighted by atomic mass is 9.64. The van der Waals surface area contributed by atoms with Crippen LogP contribution in [-0.4, -0.2) is 33.2 Å². The van der Waals surface area contributed by atoms with Crippen LogP contribution in [0.4, 0.5) is 5.69 Å². The molecule has 0 radical (unpaired) electrons. The summed E-state index contributed by atoms with van der Waals surface area (Å²) in [6.45, 7) is 3.63. The molecule has 0 aliphatic rings. The van der Waals surface area contributed by atoms with Crippen LogP contribution in [0.2, 0.25) is 0 Å². The number of hydrogen-bond donors (Lipinski definition) is 5. The molecule has 1 unspecified atom stereocenters. The molecule has 0 amide bonds. The summed E-state index contributed by atoms with van der Waals surface area (Å²) in [6.07, 6.45) is 3.15. The molecule has 0 bridgehead atoms. The molecule has 4 rings (SSSR count). The van der Waals surface area contributed by atoms with Crippen LogP contribution in [0.3, 0.4) is 0 Å². The quantitative estimate of drug-likeness (QED) is 0.174. The van der Waals surface area contributed by atoms with Gasteiger partial charge in [-0.25, -0.2) is 14.4 Å². The number of para-hydroxylation sites is 1. The van der Waals surface area contributed by atoms with Crippen molar-refractivity contribution < 1.29 is 29.7 Å². The highest BCUT2D eigenvalue weighted by atomic mass is 16.4. The van der Waals surface area contributed by atoms with Crippen LogP contribution in [0.25, 0.3) is 21.9 Å². The fraction of sp³-hybridized carbons (Fsp3) is 0.0938. The molecule has 40 heavy (non-hydrogen) atoms. The highest BCUT2D eigenvalue weighted by Crippen LogP contribution is 2.51. The van der Waals surface area contributed by atoms with E-state index >= 15 is 0 Å². The Bertz CT molecular complexity index is 1730. The molecular weight excluding hydrogens is 508 g/mol. The third kappa shape index (κ3) is 4.56. The predicted molar refractivity (Wildman–Crippen MR) is 155 cm³/mol. The summed E-state index contributed by atoms with van der Waals surface area (Å²) in [5.41, 5.74) is 14.0. The minimum absolute atomic E-state index is 0.00800. The van der Waals surface area contributed by atoms with Crippen LogP contribution in [0.5, 0.6) is 0 Å². The zero-order valence-electron chi connectivity index (χ0n) is 21.9. The molecule has 0 saturated heterocycles. The molecule has 0 aliphatic carbocycles. The molecule has 0 heterocycles. The van der Waals surface area contributed by atoms with Gasteiger partial charge in [0, 0.05) is 16.4 Å². The normalized spacial score (nSPS) is 13.6. The highest BCUT2D eigenvalue weighted by Gasteiger charge is 2.39. The van der Waals surface area contributed by atoms with Crippen LogP contribution in [-0.2, 0) is 5.41 Å². The number of carbonyl (C=O) groups is 3. The van der Waals surface area contributed by atoms with E-state index in [1.165, 1.54) is 30.5 Å². The fourth-order valence-electron chi connectivity index (χ4n) is 5.45. The molecular formula is C32H28N2O6. The Morgan fingerprint density at radius 1 is 0.725 bits per heavy atom. The summed E-state index contributed by atoms with van der Waals surface area (Å²) in [6, 6.07) is 21.4. The van der Waals surface area contributed by atoms with Gasteiger partial charge in [-0.2, -0.15) is 0 Å². The van der Waals surface area contributed by atoms with E-state index in [1.54, 1.807) is 61.5 Å². The number of carboxylic acids is 3. The first-order chi connectivity index (χ1) is 19.1. The Balaban J connectivity index is 2.19. The monoisotopic (exact) mass is 536 g/mol. The number of fused-ring (bicyclic) bond motifs is 1. The molecule has 202 valence electrons. The molecule has 7 N–H and O–H groups in total. The third-order valence-electron chi connectivity index (χ3n) is 7.25. The number of rotatable bonds is 8. The Morgan fingerprint density at radius 2 is 1.27 bits per heavy atom. The topological polar surface area (TPSA) is 164 Å². The Labute approximate surface area is 230 Å². The van der Waals surface area contributed by atoms with Gasteiger partial charge in [-0.05, 0) is 72.0 Å². The van der Waals surface area contributed by atoms with E-state index in [1.807, 2.05) is 13.0 Å². The molecule has 4 aromatic carbocycles. The van der Waals surface area contributed by atoms with Gasteiger partial charge in [0.15, 0.2) is 0 Å². The number of allylic oxidation sites excluding steroid dienone is 3. The van der Waals surface area contributed by atoms with Crippen molar-refractivity contribution in [1.29, 1.82) is 0 Å². The summed E-state index contributed by atoms with van der Waals surface area (Å²) in [4.78, 5) is 36.2. The maximum atomic E-state index is 12.4. The Hall–Kier alpha value is -5.37. The van der Waals surface area contributed by atoms with Crippen molar-refractivity contribution in [3.63, 3.8) is 0 Å². The van der Waals surface area contributed by atoms with Crippen molar-refractivity contribution in [2.45, 2.75) is 19.3 Å². The summed E-state index contributed by atoms with van der Waals surface area (Å²) < 4.78 is 0. The Kier molecular flexibility index (Phi) is 7.45. The van der Waals surface area contributed by atoms with Crippen LogP contribution >= 0.6 is 0 Å². The van der Waals surface area contributed by atoms with Crippen LogP contribution in [0.15, 0.2) is 91.1 Å². The molecule has 1 atom stereocenters. The standard InChI is InChI=1S/C32H28N2O6/c1-3-24(19-10-4-11-20(16-19)29(35)36)32(2,26(17-33)21-12-7-14-23(28(21)34)31(39)40)25-15-6-9-18-8-5-13-22(27(18)25)30(37)38/h3-17H,33-34H2,1-2H3,(H,35,36)(H,37,38)(H,39,40)/b24-3+,26-17+. The van der Waals surface area contributed by atoms with Gasteiger partial charge in [0.1, 0.15) is 0 Å². The second kappa shape index (κ2) is 10.8. The zero-order valence-corrected chi connectivity index (χ0v) is 21.9. The maximum absolute atomic E-state index is 12.4. The number of carboxylic acid groups (broad SMARTS) is 3. The lowest BCUT2D eigenvalue weighted by Crippen LogP contribution is -2.28. The van der Waals surface area contributed by atoms with Crippen molar-refractivity contribution in [3.8, 4) is 0 Å². The largest absolute Gasteiger partial charge is 0.478 e. The first kappa shape index (κ1) is 27.7. The number of anilines is 1. The molecule has 8 heteroatoms. The molecule has 0 fully saturated rings. The van der Waals surface area contributed by atoms with Gasteiger partial charge in [-0.3, -0.25) is 0 Å². The molecule has 4 aromatic rings. The van der Waals surface area contributed by atoms with Crippen molar-refractivity contribution in [3.05, 3.63) is 125 Å². The number of nitrogen functional groups attached to an aromatic ring is 1. The molecule has 0 aliphatic heterocycles. The van der Waals surface area contributed by atoms with Gasteiger partial charge < -0.3 is 26.8 Å². The number of aromatic carboxylic acids is 3. The number of hydrogen-bond acceptors (Lipinski definition) is 5. The van der Waals surface area contributed by atoms with Crippen LogP contribution in [0, 0.1) is 0 Å². The van der Waals surface area contributed by atoms with Crippen molar-refractivity contribution in [1.82, 2.24) is 0 Å². The van der Waals surface area contributed by atoms with Crippen molar-refractivity contribution in [2.75, 3.05) is 5.73 Å². The van der Waals surface area contributed by atoms with Crippen LogP contribution in [0.1, 0.15) is 61.6 Å². The minimum atomic E-state index is -1.24. The van der Waals surface area contributed by atoms with Crippen LogP contribution < -0.4 is 11.5 Å². The third-order valence-corrected chi connectivity index (χ3v) is 7.25. The van der Waals surface area contributed by atoms with E-state index in [2.05, 4.69) is 0 Å². The average Bonchev–Trinajstić information content (AvgIpc) is 2.93. The van der Waals surface area contributed by atoms with E-state index < -0.39 is 23.3 Å². The lowest BCUT2D eigenvalue weighted by molar-refractivity contribution is 0.0686. The maximum Gasteiger partial charge on any atom is 0.337 e. The van der Waals surface area contributed by atoms with Gasteiger partial charge in [0.05, 0.1) is 22.4 Å². The molecule has 0 aromatic heterocycles. The Morgan fingerprint density at radius 3 is 1.88 bits per heavy atom. The zero-order chi connectivity index (χ0) is 29.2. The van der Waals surface area contributed by atoms with Crippen molar-refractivity contribution >= 4 is 45.5 Å². The number of benzene rings is 4. The van der Waals surface area contributed by atoms with Gasteiger partial charge in [0.25, 0.3) is 0 Å². The van der Waals surface area contributed by atoms with E-state index in [-0.39, 0.29) is 22.4 Å². The molecule has 0 spiro atoms. The minimum Gasteiger partial charge on any atom is -0.478 e. The van der Waals surface area contributed by atoms with E-state index in [0.717, 1.165) is 0 Å². The van der Waals surface area contributed by atoms with E-state index in [9.17, 15) is 29.7 Å². The summed E-state index contributed by atoms with van der Waals surface area (Å²) in [5.74, 6) is -3.44. The van der Waals surface area contributed by atoms with Gasteiger partial charge in [-0.1, -0.05) is 60.7 Å². The SMILES string of the molecule is C/C=C(\c1cccc(C(=O)O)c1)C(C)(/C(=C/N)c1cccc(C(=O)O)c1N)c1cccc2cccc(C(=O)O)c12. The van der Waals surface area contributed by atoms with E-state index in [0.29, 0.717) is 38.6 Å². The first-order valence-electron chi connectivity index (χ1n) is 12.4. The lowest BCUT2D eigenvalue weighted by Gasteiger charge is -2.38. The average molecular weight is 537 g/mol. The summed E-state index contributed by atoms with van der Waals surface area (Å²) in [5, 5.41) is 30.7. The fourth-order valence-corrected chi connectivity index (χ4v) is 5.45. The molecule has 8 nitrogen and oxygen atoms in total. The van der Waals surface area contributed by atoms with Gasteiger partial charge in [0.2, 0.25) is 0 Å². The van der Waals surface area contributed by atoms with Gasteiger partial charge in [-0.15, -0.1) is 0 Å². The number of nitrogens with two attached hydrogens (primary N) is 2. The predicted octanol–water partition coefficient (Wildman–Crippen LogP) is 5.88. The summed E-state index contributed by atoms with van der Waals surface area (Å²) in [7, 11) is 0. The highest BCUT2D eigenvalue weighted by molar-refractivity contribution is 6.09. The smallest absolute Gasteiger partial charge is 0.337 e. The second-order valence-corrected chi connectivity index (χ2v) is 9.38. The van der Waals surface area contributed by atoms with Crippen molar-refractivity contribution in [2.24, 2.45) is 5.73 Å². The first-order valence-corrected chi connectivity index (χ1v) is 12.4. The summed E-state index contributed by atoms with van der Waals surface area (Å²) >= 11 is 0. The van der Waals surface area contributed by atoms with Gasteiger partial charge >= 0.3 is 17.9 Å². The molecule has 0 saturated carbocycles. The second-order valence-electron chi connectivity index (χ2n) is 9.38.